The first-order valence-electron chi connectivity index (χ1n) is 13.4. The van der Waals surface area contributed by atoms with Crippen LogP contribution < -0.4 is 10.1 Å². The number of aromatic hydroxyl groups is 2. The van der Waals surface area contributed by atoms with Gasteiger partial charge in [-0.3, -0.25) is 14.4 Å². The number of ketones is 3. The van der Waals surface area contributed by atoms with Crippen LogP contribution in [-0.2, 0) is 21.4 Å². The SMILES string of the molecule is CSCC[C@@H](N/C(C)=C1\C(=O)C=C2Oc3c(C(C)=O)c(O)c(C)c(O)c3[C@@]2(C)C1=O)c1nc(Cc2ccccc2)no1. The number of rotatable bonds is 9. The average Bonchev–Trinajstić information content (AvgIpc) is 3.53. The molecule has 11 heteroatoms. The third kappa shape index (κ3) is 4.77. The normalized spacial score (nSPS) is 19.5. The van der Waals surface area contributed by atoms with E-state index in [2.05, 4.69) is 15.5 Å². The summed E-state index contributed by atoms with van der Waals surface area (Å²) in [7, 11) is 0. The van der Waals surface area contributed by atoms with Gasteiger partial charge in [-0.25, -0.2) is 0 Å². The first-order chi connectivity index (χ1) is 20.0. The summed E-state index contributed by atoms with van der Waals surface area (Å²) in [6.45, 7) is 5.85. The molecule has 0 amide bonds. The van der Waals surface area contributed by atoms with Crippen molar-refractivity contribution in [1.82, 2.24) is 15.5 Å². The molecule has 2 aliphatic rings. The van der Waals surface area contributed by atoms with Crippen LogP contribution >= 0.6 is 11.8 Å². The van der Waals surface area contributed by atoms with Crippen molar-refractivity contribution in [3.63, 3.8) is 0 Å². The average molecular weight is 590 g/mol. The van der Waals surface area contributed by atoms with Gasteiger partial charge in [-0.05, 0) is 51.7 Å². The van der Waals surface area contributed by atoms with E-state index in [9.17, 15) is 24.6 Å². The number of ether oxygens (including phenoxy) is 1. The van der Waals surface area contributed by atoms with Crippen molar-refractivity contribution in [2.45, 2.75) is 52.0 Å². The highest BCUT2D eigenvalue weighted by molar-refractivity contribution is 7.98. The summed E-state index contributed by atoms with van der Waals surface area (Å²) >= 11 is 1.63. The molecule has 10 nitrogen and oxygen atoms in total. The Labute approximate surface area is 246 Å². The topological polar surface area (TPSA) is 152 Å². The summed E-state index contributed by atoms with van der Waals surface area (Å²) in [4.78, 5) is 44.5. The van der Waals surface area contributed by atoms with Crippen molar-refractivity contribution < 1.29 is 33.9 Å². The van der Waals surface area contributed by atoms with E-state index < -0.39 is 34.6 Å². The number of phenols is 2. The molecule has 0 bridgehead atoms. The second-order valence-electron chi connectivity index (χ2n) is 10.6. The van der Waals surface area contributed by atoms with Crippen molar-refractivity contribution in [2.24, 2.45) is 0 Å². The quantitative estimate of drug-likeness (QED) is 0.182. The molecular formula is C31H31N3O7S. The Hall–Kier alpha value is -4.38. The van der Waals surface area contributed by atoms with Gasteiger partial charge in [0, 0.05) is 23.8 Å². The molecule has 218 valence electrons. The van der Waals surface area contributed by atoms with Crippen molar-refractivity contribution in [3.8, 4) is 17.2 Å². The summed E-state index contributed by atoms with van der Waals surface area (Å²) < 4.78 is 11.4. The van der Waals surface area contributed by atoms with Gasteiger partial charge in [-0.1, -0.05) is 35.5 Å². The fraction of sp³-hybridized carbons (Fsp3) is 0.323. The Bertz CT molecular complexity index is 1680. The maximum absolute atomic E-state index is 14.2. The van der Waals surface area contributed by atoms with E-state index in [0.717, 1.165) is 11.3 Å². The number of thioether (sulfide) groups is 1. The van der Waals surface area contributed by atoms with E-state index in [1.807, 2.05) is 36.6 Å². The number of nitrogens with one attached hydrogen (secondary N) is 1. The first kappa shape index (κ1) is 29.1. The molecule has 5 rings (SSSR count). The zero-order chi connectivity index (χ0) is 30.3. The zero-order valence-electron chi connectivity index (χ0n) is 23.9. The first-order valence-corrected chi connectivity index (χ1v) is 14.8. The van der Waals surface area contributed by atoms with Crippen LogP contribution in [-0.4, -0.2) is 49.7 Å². The highest BCUT2D eigenvalue weighted by atomic mass is 32.2. The number of carbonyl (C=O) groups is 3. The summed E-state index contributed by atoms with van der Waals surface area (Å²) in [5.41, 5.74) is -0.470. The van der Waals surface area contributed by atoms with Gasteiger partial charge in [0.25, 0.3) is 0 Å². The van der Waals surface area contributed by atoms with Gasteiger partial charge in [-0.2, -0.15) is 16.7 Å². The molecule has 1 aromatic heterocycles. The molecule has 1 aliphatic carbocycles. The van der Waals surface area contributed by atoms with Gasteiger partial charge in [0.2, 0.25) is 5.89 Å². The molecule has 2 aromatic carbocycles. The largest absolute Gasteiger partial charge is 0.507 e. The van der Waals surface area contributed by atoms with Crippen LogP contribution in [0.2, 0.25) is 0 Å². The minimum atomic E-state index is -1.60. The van der Waals surface area contributed by atoms with Crippen molar-refractivity contribution in [1.29, 1.82) is 0 Å². The number of phenolic OH excluding ortho intramolecular Hbond substituents is 2. The van der Waals surface area contributed by atoms with Crippen LogP contribution in [0.1, 0.15) is 72.0 Å². The van der Waals surface area contributed by atoms with E-state index in [-0.39, 0.29) is 39.5 Å². The predicted molar refractivity (Wildman–Crippen MR) is 156 cm³/mol. The lowest BCUT2D eigenvalue weighted by atomic mass is 9.70. The number of carbonyl (C=O) groups excluding carboxylic acids is 3. The minimum Gasteiger partial charge on any atom is -0.507 e. The number of benzene rings is 2. The summed E-state index contributed by atoms with van der Waals surface area (Å²) in [6, 6.07) is 9.27. The lowest BCUT2D eigenvalue weighted by molar-refractivity contribution is -0.123. The lowest BCUT2D eigenvalue weighted by Gasteiger charge is -2.29. The molecule has 42 heavy (non-hydrogen) atoms. The molecular weight excluding hydrogens is 558 g/mol. The molecule has 3 aromatic rings. The summed E-state index contributed by atoms with van der Waals surface area (Å²) in [6.07, 6.45) is 4.23. The van der Waals surface area contributed by atoms with E-state index >= 15 is 0 Å². The van der Waals surface area contributed by atoms with Gasteiger partial charge in [-0.15, -0.1) is 0 Å². The Morgan fingerprint density at radius 2 is 1.86 bits per heavy atom. The highest BCUT2D eigenvalue weighted by Gasteiger charge is 2.56. The number of fused-ring (bicyclic) bond motifs is 3. The molecule has 0 unspecified atom stereocenters. The molecule has 3 N–H and O–H groups in total. The zero-order valence-corrected chi connectivity index (χ0v) is 24.7. The molecule has 2 atom stereocenters. The molecule has 0 saturated heterocycles. The molecule has 0 saturated carbocycles. The standard InChI is InChI=1S/C31H31N3O7S/c1-15-26(37)24(17(3)35)28-25(27(15)38)31(4)21(40-28)14-20(36)23(29(31)39)16(2)32-19(11-12-42-5)30-33-22(34-41-30)13-18-9-7-6-8-10-18/h6-10,14,19,32,37-38H,11-13H2,1-5H3/b23-16+/t19-,31+/m1/s1. The number of nitrogens with zero attached hydrogens (tertiary/aromatic N) is 2. The van der Waals surface area contributed by atoms with Crippen molar-refractivity contribution in [2.75, 3.05) is 12.0 Å². The molecule has 1 aliphatic heterocycles. The third-order valence-electron chi connectivity index (χ3n) is 7.75. The monoisotopic (exact) mass is 589 g/mol. The summed E-state index contributed by atoms with van der Waals surface area (Å²) in [5, 5.41) is 29.0. The maximum Gasteiger partial charge on any atom is 0.249 e. The Balaban J connectivity index is 1.52. The number of hydrogen-bond acceptors (Lipinski definition) is 11. The number of allylic oxidation sites excluding steroid dienone is 4. The Kier molecular flexibility index (Phi) is 7.72. The smallest absolute Gasteiger partial charge is 0.249 e. The molecule has 0 fully saturated rings. The highest BCUT2D eigenvalue weighted by Crippen LogP contribution is 2.57. The molecule has 2 heterocycles. The van der Waals surface area contributed by atoms with Crippen molar-refractivity contribution in [3.05, 3.63) is 87.4 Å². The Morgan fingerprint density at radius 3 is 2.52 bits per heavy atom. The minimum absolute atomic E-state index is 0.0201. The van der Waals surface area contributed by atoms with Gasteiger partial charge in [0.1, 0.15) is 40.0 Å². The second-order valence-corrected chi connectivity index (χ2v) is 11.6. The van der Waals surface area contributed by atoms with Gasteiger partial charge in [0.05, 0.1) is 11.1 Å². The van der Waals surface area contributed by atoms with Gasteiger partial charge < -0.3 is 24.8 Å². The van der Waals surface area contributed by atoms with Crippen LogP contribution in [0.15, 0.2) is 58.0 Å². The Morgan fingerprint density at radius 1 is 1.14 bits per heavy atom. The number of aromatic nitrogens is 2. The van der Waals surface area contributed by atoms with Gasteiger partial charge >= 0.3 is 0 Å². The fourth-order valence-corrected chi connectivity index (χ4v) is 5.92. The van der Waals surface area contributed by atoms with E-state index in [1.165, 1.54) is 26.8 Å². The van der Waals surface area contributed by atoms with E-state index in [1.54, 1.807) is 18.7 Å². The summed E-state index contributed by atoms with van der Waals surface area (Å²) in [5.74, 6) is -1.08. The molecule has 0 spiro atoms. The molecule has 0 radical (unpaired) electrons. The number of Topliss-reactive ketones (excluding diaryl/α,β-unsaturated/α-hetero) is 2. The number of hydrogen-bond donors (Lipinski definition) is 3. The van der Waals surface area contributed by atoms with Crippen molar-refractivity contribution >= 4 is 29.1 Å². The predicted octanol–water partition coefficient (Wildman–Crippen LogP) is 4.63. The van der Waals surface area contributed by atoms with Crippen LogP contribution in [0, 0.1) is 6.92 Å². The van der Waals surface area contributed by atoms with Crippen LogP contribution in [0.4, 0.5) is 0 Å². The van der Waals surface area contributed by atoms with Gasteiger partial charge in [0.15, 0.2) is 23.2 Å². The van der Waals surface area contributed by atoms with E-state index in [0.29, 0.717) is 30.3 Å². The van der Waals surface area contributed by atoms with Crippen LogP contribution in [0.5, 0.6) is 17.2 Å². The fourth-order valence-electron chi connectivity index (χ4n) is 5.45. The van der Waals surface area contributed by atoms with E-state index in [4.69, 9.17) is 9.26 Å². The maximum atomic E-state index is 14.2. The second kappa shape index (κ2) is 11.1. The third-order valence-corrected chi connectivity index (χ3v) is 8.39. The lowest BCUT2D eigenvalue weighted by Crippen LogP contribution is -2.41. The van der Waals surface area contributed by atoms with Crippen LogP contribution in [0.3, 0.4) is 0 Å². The van der Waals surface area contributed by atoms with Crippen LogP contribution in [0.25, 0.3) is 0 Å².